The van der Waals surface area contributed by atoms with Gasteiger partial charge in [-0.05, 0) is 12.1 Å². The van der Waals surface area contributed by atoms with Gasteiger partial charge >= 0.3 is 0 Å². The molecule has 0 aromatic heterocycles. The zero-order valence-corrected chi connectivity index (χ0v) is 9.72. The van der Waals surface area contributed by atoms with Gasteiger partial charge in [-0.3, -0.25) is 4.79 Å². The van der Waals surface area contributed by atoms with E-state index in [-0.39, 0.29) is 18.4 Å². The lowest BCUT2D eigenvalue weighted by Crippen LogP contribution is -2.51. The Morgan fingerprint density at radius 2 is 2.29 bits per heavy atom. The molecule has 1 aliphatic heterocycles. The van der Waals surface area contributed by atoms with Crippen LogP contribution in [0.2, 0.25) is 0 Å². The fourth-order valence-electron chi connectivity index (χ4n) is 1.97. The molecule has 92 valence electrons. The molecule has 1 amide bonds. The van der Waals surface area contributed by atoms with Gasteiger partial charge in [-0.15, -0.1) is 0 Å². The molecule has 1 aromatic rings. The van der Waals surface area contributed by atoms with E-state index in [0.29, 0.717) is 30.1 Å². The Balaban J connectivity index is 2.17. The van der Waals surface area contributed by atoms with Crippen molar-refractivity contribution in [2.24, 2.45) is 5.92 Å². The van der Waals surface area contributed by atoms with Crippen molar-refractivity contribution in [3.63, 3.8) is 0 Å². The number of rotatable bonds is 3. The standard InChI is InChI=1S/C12H16N2O3/c1-17-11-9(3-2-4-10(11)13)12(16)14-5-8(6-14)7-15/h2-4,8,15H,5-7,13H2,1H3. The number of aliphatic hydroxyl groups is 1. The first kappa shape index (κ1) is 11.7. The SMILES string of the molecule is COc1c(N)cccc1C(=O)N1CC(CO)C1. The molecule has 5 nitrogen and oxygen atoms in total. The first-order valence-corrected chi connectivity index (χ1v) is 5.50. The molecule has 1 fully saturated rings. The third kappa shape index (κ3) is 2.06. The highest BCUT2D eigenvalue weighted by Gasteiger charge is 2.32. The van der Waals surface area contributed by atoms with E-state index >= 15 is 0 Å². The molecular formula is C12H16N2O3. The summed E-state index contributed by atoms with van der Waals surface area (Å²) in [6.07, 6.45) is 0. The van der Waals surface area contributed by atoms with Crippen LogP contribution in [0.25, 0.3) is 0 Å². The number of carbonyl (C=O) groups excluding carboxylic acids is 1. The maximum absolute atomic E-state index is 12.1. The Morgan fingerprint density at radius 3 is 2.88 bits per heavy atom. The lowest BCUT2D eigenvalue weighted by atomic mass is 9.99. The van der Waals surface area contributed by atoms with Gasteiger partial charge in [-0.2, -0.15) is 0 Å². The number of nitrogens with zero attached hydrogens (tertiary/aromatic N) is 1. The largest absolute Gasteiger partial charge is 0.494 e. The van der Waals surface area contributed by atoms with Crippen LogP contribution in [-0.2, 0) is 0 Å². The minimum absolute atomic E-state index is 0.0983. The van der Waals surface area contributed by atoms with Crippen molar-refractivity contribution < 1.29 is 14.6 Å². The van der Waals surface area contributed by atoms with E-state index in [9.17, 15) is 4.79 Å². The van der Waals surface area contributed by atoms with E-state index in [4.69, 9.17) is 15.6 Å². The van der Waals surface area contributed by atoms with Gasteiger partial charge in [0.1, 0.15) is 0 Å². The van der Waals surface area contributed by atoms with E-state index < -0.39 is 0 Å². The zero-order chi connectivity index (χ0) is 12.4. The van der Waals surface area contributed by atoms with Crippen LogP contribution >= 0.6 is 0 Å². The lowest BCUT2D eigenvalue weighted by Gasteiger charge is -2.38. The smallest absolute Gasteiger partial charge is 0.257 e. The summed E-state index contributed by atoms with van der Waals surface area (Å²) in [5.74, 6) is 0.523. The van der Waals surface area contributed by atoms with E-state index in [1.165, 1.54) is 7.11 Å². The number of carbonyl (C=O) groups is 1. The first-order chi connectivity index (χ1) is 8.17. The van der Waals surface area contributed by atoms with Crippen LogP contribution in [0.1, 0.15) is 10.4 Å². The van der Waals surface area contributed by atoms with Crippen LogP contribution in [0, 0.1) is 5.92 Å². The first-order valence-electron chi connectivity index (χ1n) is 5.50. The number of anilines is 1. The van der Waals surface area contributed by atoms with Gasteiger partial charge in [0.25, 0.3) is 5.91 Å². The number of para-hydroxylation sites is 1. The summed E-state index contributed by atoms with van der Waals surface area (Å²) in [5, 5.41) is 8.92. The predicted molar refractivity (Wildman–Crippen MR) is 63.9 cm³/mol. The minimum Gasteiger partial charge on any atom is -0.494 e. The molecule has 0 saturated carbocycles. The number of hydrogen-bond acceptors (Lipinski definition) is 4. The van der Waals surface area contributed by atoms with Crippen molar-refractivity contribution >= 4 is 11.6 Å². The number of amides is 1. The Hall–Kier alpha value is -1.75. The quantitative estimate of drug-likeness (QED) is 0.742. The maximum atomic E-state index is 12.1. The Labute approximate surface area is 99.8 Å². The second-order valence-electron chi connectivity index (χ2n) is 4.19. The highest BCUT2D eigenvalue weighted by atomic mass is 16.5. The number of aliphatic hydroxyl groups excluding tert-OH is 1. The fourth-order valence-corrected chi connectivity index (χ4v) is 1.97. The van der Waals surface area contributed by atoms with Crippen LogP contribution in [0.15, 0.2) is 18.2 Å². The van der Waals surface area contributed by atoms with Gasteiger partial charge < -0.3 is 20.5 Å². The second kappa shape index (κ2) is 4.63. The molecule has 1 heterocycles. The van der Waals surface area contributed by atoms with Gasteiger partial charge in [0.05, 0.1) is 18.4 Å². The third-order valence-corrected chi connectivity index (χ3v) is 2.98. The molecule has 0 bridgehead atoms. The number of ether oxygens (including phenoxy) is 1. The number of nitrogens with two attached hydrogens (primary N) is 1. The highest BCUT2D eigenvalue weighted by molar-refractivity contribution is 5.99. The Morgan fingerprint density at radius 1 is 1.59 bits per heavy atom. The minimum atomic E-state index is -0.0983. The van der Waals surface area contributed by atoms with Crippen LogP contribution in [0.5, 0.6) is 5.75 Å². The average Bonchev–Trinajstić information content (AvgIpc) is 2.27. The maximum Gasteiger partial charge on any atom is 0.257 e. The Kier molecular flexibility index (Phi) is 3.19. The zero-order valence-electron chi connectivity index (χ0n) is 9.72. The normalized spacial score (nSPS) is 15.5. The number of benzene rings is 1. The van der Waals surface area contributed by atoms with Crippen LogP contribution in [0.3, 0.4) is 0 Å². The van der Waals surface area contributed by atoms with E-state index in [0.717, 1.165) is 0 Å². The van der Waals surface area contributed by atoms with Gasteiger partial charge in [-0.1, -0.05) is 6.07 Å². The lowest BCUT2D eigenvalue weighted by molar-refractivity contribution is 0.0359. The fraction of sp³-hybridized carbons (Fsp3) is 0.417. The molecular weight excluding hydrogens is 220 g/mol. The van der Waals surface area contributed by atoms with Crippen LogP contribution < -0.4 is 10.5 Å². The second-order valence-corrected chi connectivity index (χ2v) is 4.19. The van der Waals surface area contributed by atoms with Gasteiger partial charge in [0.15, 0.2) is 5.75 Å². The van der Waals surface area contributed by atoms with Crippen molar-refractivity contribution in [3.05, 3.63) is 23.8 Å². The molecule has 0 radical (unpaired) electrons. The summed E-state index contributed by atoms with van der Waals surface area (Å²) in [6, 6.07) is 5.13. The molecule has 1 aliphatic rings. The average molecular weight is 236 g/mol. The molecule has 0 aliphatic carbocycles. The predicted octanol–water partition coefficient (Wildman–Crippen LogP) is 0.342. The van der Waals surface area contributed by atoms with Crippen LogP contribution in [-0.4, -0.2) is 42.7 Å². The van der Waals surface area contributed by atoms with Crippen molar-refractivity contribution in [3.8, 4) is 5.75 Å². The molecule has 0 atom stereocenters. The van der Waals surface area contributed by atoms with E-state index in [1.807, 2.05) is 0 Å². The number of nitrogen functional groups attached to an aromatic ring is 1. The molecule has 3 N–H and O–H groups in total. The van der Waals surface area contributed by atoms with Crippen molar-refractivity contribution in [1.82, 2.24) is 4.90 Å². The number of methoxy groups -OCH3 is 1. The molecule has 5 heteroatoms. The molecule has 0 spiro atoms. The molecule has 0 unspecified atom stereocenters. The molecule has 1 saturated heterocycles. The summed E-state index contributed by atoms with van der Waals surface area (Å²) >= 11 is 0. The summed E-state index contributed by atoms with van der Waals surface area (Å²) in [6.45, 7) is 1.30. The summed E-state index contributed by atoms with van der Waals surface area (Å²) in [4.78, 5) is 13.8. The molecule has 1 aromatic carbocycles. The van der Waals surface area contributed by atoms with Gasteiger partial charge in [0.2, 0.25) is 0 Å². The third-order valence-electron chi connectivity index (χ3n) is 2.98. The van der Waals surface area contributed by atoms with Crippen molar-refractivity contribution in [2.45, 2.75) is 0 Å². The van der Waals surface area contributed by atoms with E-state index in [1.54, 1.807) is 23.1 Å². The number of likely N-dealkylation sites (tertiary alicyclic amines) is 1. The number of hydrogen-bond donors (Lipinski definition) is 2. The van der Waals surface area contributed by atoms with Crippen molar-refractivity contribution in [1.29, 1.82) is 0 Å². The molecule has 17 heavy (non-hydrogen) atoms. The molecule has 2 rings (SSSR count). The van der Waals surface area contributed by atoms with Crippen LogP contribution in [0.4, 0.5) is 5.69 Å². The topological polar surface area (TPSA) is 75.8 Å². The Bertz CT molecular complexity index is 428. The summed E-state index contributed by atoms with van der Waals surface area (Å²) in [5.41, 5.74) is 6.68. The summed E-state index contributed by atoms with van der Waals surface area (Å²) in [7, 11) is 1.50. The van der Waals surface area contributed by atoms with Gasteiger partial charge in [0, 0.05) is 25.6 Å². The van der Waals surface area contributed by atoms with E-state index in [2.05, 4.69) is 0 Å². The monoisotopic (exact) mass is 236 g/mol. The summed E-state index contributed by atoms with van der Waals surface area (Å²) < 4.78 is 5.15. The van der Waals surface area contributed by atoms with Crippen molar-refractivity contribution in [2.75, 3.05) is 32.5 Å². The highest BCUT2D eigenvalue weighted by Crippen LogP contribution is 2.29. The van der Waals surface area contributed by atoms with Gasteiger partial charge in [-0.25, -0.2) is 0 Å².